The first-order valence-electron chi connectivity index (χ1n) is 4.66. The average molecular weight is 220 g/mol. The van der Waals surface area contributed by atoms with E-state index in [9.17, 15) is 0 Å². The monoisotopic (exact) mass is 220 g/mol. The Hall–Kier alpha value is -1.33. The highest BCUT2D eigenvalue weighted by molar-refractivity contribution is 7.13. The second-order valence-electron chi connectivity index (χ2n) is 3.39. The first-order chi connectivity index (χ1) is 7.18. The first kappa shape index (κ1) is 10.2. The molecule has 0 bridgehead atoms. The van der Waals surface area contributed by atoms with Crippen molar-refractivity contribution < 1.29 is 0 Å². The Bertz CT molecular complexity index is 450. The van der Waals surface area contributed by atoms with Crippen molar-refractivity contribution in [3.63, 3.8) is 0 Å². The van der Waals surface area contributed by atoms with Crippen LogP contribution in [0.2, 0.25) is 0 Å². The van der Waals surface area contributed by atoms with Gasteiger partial charge in [0.2, 0.25) is 0 Å². The molecule has 1 unspecified atom stereocenters. The van der Waals surface area contributed by atoms with Crippen LogP contribution in [0, 0.1) is 6.92 Å². The van der Waals surface area contributed by atoms with Crippen LogP contribution in [0.15, 0.2) is 17.9 Å². The molecule has 2 rings (SSSR count). The van der Waals surface area contributed by atoms with Gasteiger partial charge < -0.3 is 5.73 Å². The Balaban J connectivity index is 2.42. The number of nitrogens with zero attached hydrogens (tertiary/aromatic N) is 3. The van der Waals surface area contributed by atoms with Crippen molar-refractivity contribution in [3.05, 3.63) is 29.2 Å². The average Bonchev–Trinajstić information content (AvgIpc) is 2.69. The molecular formula is C10H12N4S. The van der Waals surface area contributed by atoms with Gasteiger partial charge in [0, 0.05) is 29.7 Å². The number of aromatic nitrogens is 3. The minimum absolute atomic E-state index is 0.0273. The molecule has 0 radical (unpaired) electrons. The molecule has 4 nitrogen and oxygen atoms in total. The molecule has 5 heteroatoms. The molecule has 0 aliphatic rings. The van der Waals surface area contributed by atoms with E-state index in [1.807, 2.05) is 13.8 Å². The molecule has 2 aromatic heterocycles. The van der Waals surface area contributed by atoms with Gasteiger partial charge in [-0.2, -0.15) is 0 Å². The fourth-order valence-electron chi connectivity index (χ4n) is 1.37. The van der Waals surface area contributed by atoms with E-state index in [1.165, 1.54) is 11.3 Å². The van der Waals surface area contributed by atoms with Crippen molar-refractivity contribution >= 4 is 11.3 Å². The summed E-state index contributed by atoms with van der Waals surface area (Å²) in [6, 6.07) is -0.0273. The Kier molecular flexibility index (Phi) is 2.75. The van der Waals surface area contributed by atoms with E-state index in [2.05, 4.69) is 15.0 Å². The Labute approximate surface area is 92.2 Å². The molecule has 2 heterocycles. The summed E-state index contributed by atoms with van der Waals surface area (Å²) in [6.45, 7) is 3.88. The molecule has 0 aromatic carbocycles. The van der Waals surface area contributed by atoms with E-state index >= 15 is 0 Å². The smallest absolute Gasteiger partial charge is 0.171 e. The highest BCUT2D eigenvalue weighted by atomic mass is 32.1. The predicted molar refractivity (Wildman–Crippen MR) is 60.5 cm³/mol. The van der Waals surface area contributed by atoms with Crippen LogP contribution in [-0.2, 0) is 0 Å². The molecule has 0 spiro atoms. The molecule has 2 N–H and O–H groups in total. The summed E-state index contributed by atoms with van der Waals surface area (Å²) in [5, 5.41) is 0. The van der Waals surface area contributed by atoms with Gasteiger partial charge in [-0.05, 0) is 13.8 Å². The second kappa shape index (κ2) is 4.04. The van der Waals surface area contributed by atoms with Crippen molar-refractivity contribution in [1.82, 2.24) is 15.0 Å². The minimum Gasteiger partial charge on any atom is -0.324 e. The van der Waals surface area contributed by atoms with Gasteiger partial charge in [-0.15, -0.1) is 11.3 Å². The first-order valence-corrected chi connectivity index (χ1v) is 5.54. The third-order valence-electron chi connectivity index (χ3n) is 2.16. The maximum absolute atomic E-state index is 5.79. The van der Waals surface area contributed by atoms with Gasteiger partial charge in [0.15, 0.2) is 5.82 Å². The van der Waals surface area contributed by atoms with Gasteiger partial charge in [-0.1, -0.05) is 0 Å². The molecule has 0 fully saturated rings. The topological polar surface area (TPSA) is 64.7 Å². The van der Waals surface area contributed by atoms with Crippen LogP contribution in [0.1, 0.15) is 24.2 Å². The maximum Gasteiger partial charge on any atom is 0.171 e. The van der Waals surface area contributed by atoms with E-state index in [0.29, 0.717) is 0 Å². The zero-order chi connectivity index (χ0) is 10.8. The van der Waals surface area contributed by atoms with Gasteiger partial charge in [0.25, 0.3) is 0 Å². The highest BCUT2D eigenvalue weighted by Gasteiger charge is 2.09. The van der Waals surface area contributed by atoms with E-state index in [1.54, 1.807) is 17.9 Å². The van der Waals surface area contributed by atoms with E-state index in [0.717, 1.165) is 22.0 Å². The lowest BCUT2D eigenvalue weighted by Crippen LogP contribution is -2.09. The quantitative estimate of drug-likeness (QED) is 0.839. The normalized spacial score (nSPS) is 12.7. The second-order valence-corrected chi connectivity index (χ2v) is 4.28. The Morgan fingerprint density at radius 1 is 1.40 bits per heavy atom. The molecule has 1 atom stereocenters. The van der Waals surface area contributed by atoms with Crippen molar-refractivity contribution in [3.8, 4) is 10.7 Å². The number of hydrogen-bond acceptors (Lipinski definition) is 5. The van der Waals surface area contributed by atoms with Crippen molar-refractivity contribution in [2.45, 2.75) is 19.9 Å². The number of nitrogens with two attached hydrogens (primary N) is 1. The summed E-state index contributed by atoms with van der Waals surface area (Å²) in [5.41, 5.74) is 9.49. The molecule has 0 saturated heterocycles. The Morgan fingerprint density at radius 3 is 2.73 bits per heavy atom. The SMILES string of the molecule is Cc1nc(-c2cncs2)ncc1C(C)N. The lowest BCUT2D eigenvalue weighted by atomic mass is 10.1. The van der Waals surface area contributed by atoms with Gasteiger partial charge in [-0.3, -0.25) is 4.98 Å². The van der Waals surface area contributed by atoms with E-state index in [-0.39, 0.29) is 6.04 Å². The van der Waals surface area contributed by atoms with Gasteiger partial charge in [-0.25, -0.2) is 9.97 Å². The van der Waals surface area contributed by atoms with Crippen LogP contribution >= 0.6 is 11.3 Å². The largest absolute Gasteiger partial charge is 0.324 e. The number of aryl methyl sites for hydroxylation is 1. The highest BCUT2D eigenvalue weighted by Crippen LogP contribution is 2.21. The van der Waals surface area contributed by atoms with Crippen molar-refractivity contribution in [1.29, 1.82) is 0 Å². The summed E-state index contributed by atoms with van der Waals surface area (Å²) in [7, 11) is 0. The molecule has 0 aliphatic heterocycles. The van der Waals surface area contributed by atoms with Gasteiger partial charge >= 0.3 is 0 Å². The molecule has 0 aliphatic carbocycles. The van der Waals surface area contributed by atoms with Gasteiger partial charge in [0.1, 0.15) is 0 Å². The van der Waals surface area contributed by atoms with Crippen LogP contribution < -0.4 is 5.73 Å². The fourth-order valence-corrected chi connectivity index (χ4v) is 1.93. The Morgan fingerprint density at radius 2 is 2.20 bits per heavy atom. The summed E-state index contributed by atoms with van der Waals surface area (Å²) < 4.78 is 0. The molecule has 15 heavy (non-hydrogen) atoms. The third-order valence-corrected chi connectivity index (χ3v) is 2.93. The van der Waals surface area contributed by atoms with Crippen molar-refractivity contribution in [2.75, 3.05) is 0 Å². The molecular weight excluding hydrogens is 208 g/mol. The number of thiazole rings is 1. The summed E-state index contributed by atoms with van der Waals surface area (Å²) >= 11 is 1.53. The third kappa shape index (κ3) is 2.03. The van der Waals surface area contributed by atoms with Crippen LogP contribution in [0.4, 0.5) is 0 Å². The number of rotatable bonds is 2. The molecule has 78 valence electrons. The minimum atomic E-state index is -0.0273. The van der Waals surface area contributed by atoms with E-state index < -0.39 is 0 Å². The molecule has 2 aromatic rings. The fraction of sp³-hybridized carbons (Fsp3) is 0.300. The standard InChI is InChI=1S/C10H12N4S/c1-6(11)8-3-13-10(14-7(8)2)9-4-12-5-15-9/h3-6H,11H2,1-2H3. The van der Waals surface area contributed by atoms with E-state index in [4.69, 9.17) is 5.73 Å². The van der Waals surface area contributed by atoms with Crippen LogP contribution in [0.25, 0.3) is 10.7 Å². The maximum atomic E-state index is 5.79. The van der Waals surface area contributed by atoms with Crippen molar-refractivity contribution in [2.24, 2.45) is 5.73 Å². The lowest BCUT2D eigenvalue weighted by molar-refractivity contribution is 0.790. The number of hydrogen-bond donors (Lipinski definition) is 1. The molecule has 0 saturated carbocycles. The summed E-state index contributed by atoms with van der Waals surface area (Å²) in [4.78, 5) is 13.7. The van der Waals surface area contributed by atoms with Crippen LogP contribution in [0.3, 0.4) is 0 Å². The molecule has 0 amide bonds. The predicted octanol–water partition coefficient (Wildman–Crippen LogP) is 1.93. The lowest BCUT2D eigenvalue weighted by Gasteiger charge is -2.08. The van der Waals surface area contributed by atoms with Crippen LogP contribution in [0.5, 0.6) is 0 Å². The van der Waals surface area contributed by atoms with Gasteiger partial charge in [0.05, 0.1) is 10.4 Å². The zero-order valence-corrected chi connectivity index (χ0v) is 9.45. The summed E-state index contributed by atoms with van der Waals surface area (Å²) in [6.07, 6.45) is 3.56. The zero-order valence-electron chi connectivity index (χ0n) is 8.64. The van der Waals surface area contributed by atoms with Crippen LogP contribution in [-0.4, -0.2) is 15.0 Å². The summed E-state index contributed by atoms with van der Waals surface area (Å²) in [5.74, 6) is 0.722.